The molecule has 19 heavy (non-hydrogen) atoms. The second-order valence-corrected chi connectivity index (χ2v) is 5.34. The van der Waals surface area contributed by atoms with Crippen LogP contribution in [0.2, 0.25) is 0 Å². The van der Waals surface area contributed by atoms with E-state index >= 15 is 0 Å². The van der Waals surface area contributed by atoms with Crippen LogP contribution in [0.5, 0.6) is 0 Å². The second-order valence-electron chi connectivity index (χ2n) is 4.28. The molecule has 0 saturated carbocycles. The number of carbonyl (C=O) groups excluding carboxylic acids is 1. The quantitative estimate of drug-likeness (QED) is 0.875. The number of thiazole rings is 1. The summed E-state index contributed by atoms with van der Waals surface area (Å²) >= 11 is 1.59. The predicted octanol–water partition coefficient (Wildman–Crippen LogP) is 1.88. The Bertz CT molecular complexity index is 548. The Morgan fingerprint density at radius 3 is 2.68 bits per heavy atom. The standard InChI is InChI=1S/C14H17N3OS/c1-10-17-13(9-19-10)8-16-14(18)12-4-2-11(3-5-12)6-7-15/h2-5,9H,6-8,15H2,1H3,(H,16,18). The Labute approximate surface area is 116 Å². The van der Waals surface area contributed by atoms with Crippen molar-refractivity contribution in [1.29, 1.82) is 0 Å². The van der Waals surface area contributed by atoms with E-state index in [9.17, 15) is 4.79 Å². The Morgan fingerprint density at radius 2 is 2.11 bits per heavy atom. The van der Waals surface area contributed by atoms with Gasteiger partial charge < -0.3 is 11.1 Å². The van der Waals surface area contributed by atoms with Gasteiger partial charge in [0.25, 0.3) is 5.91 Å². The van der Waals surface area contributed by atoms with Gasteiger partial charge in [0, 0.05) is 10.9 Å². The fourth-order valence-corrected chi connectivity index (χ4v) is 2.36. The predicted molar refractivity (Wildman–Crippen MR) is 77.2 cm³/mol. The van der Waals surface area contributed by atoms with Crippen molar-refractivity contribution in [2.45, 2.75) is 19.9 Å². The first kappa shape index (κ1) is 13.7. The summed E-state index contributed by atoms with van der Waals surface area (Å²) < 4.78 is 0. The van der Waals surface area contributed by atoms with Crippen LogP contribution in [0.1, 0.15) is 26.6 Å². The lowest BCUT2D eigenvalue weighted by atomic mass is 10.1. The van der Waals surface area contributed by atoms with Gasteiger partial charge in [-0.3, -0.25) is 4.79 Å². The molecule has 0 aliphatic carbocycles. The highest BCUT2D eigenvalue weighted by molar-refractivity contribution is 7.09. The van der Waals surface area contributed by atoms with Gasteiger partial charge >= 0.3 is 0 Å². The van der Waals surface area contributed by atoms with E-state index in [4.69, 9.17) is 5.73 Å². The molecule has 2 rings (SSSR count). The van der Waals surface area contributed by atoms with Crippen molar-refractivity contribution < 1.29 is 4.79 Å². The Kier molecular flexibility index (Phi) is 4.65. The number of hydrogen-bond donors (Lipinski definition) is 2. The molecule has 1 aromatic heterocycles. The zero-order chi connectivity index (χ0) is 13.7. The van der Waals surface area contributed by atoms with Gasteiger partial charge in [0.05, 0.1) is 17.2 Å². The third-order valence-electron chi connectivity index (χ3n) is 2.75. The third-order valence-corrected chi connectivity index (χ3v) is 3.57. The highest BCUT2D eigenvalue weighted by atomic mass is 32.1. The number of aromatic nitrogens is 1. The molecule has 100 valence electrons. The molecule has 5 heteroatoms. The minimum absolute atomic E-state index is 0.0787. The first-order chi connectivity index (χ1) is 9.19. The zero-order valence-electron chi connectivity index (χ0n) is 10.8. The lowest BCUT2D eigenvalue weighted by Crippen LogP contribution is -2.22. The molecule has 0 bridgehead atoms. The van der Waals surface area contributed by atoms with Gasteiger partial charge in [0.2, 0.25) is 0 Å². The molecule has 4 nitrogen and oxygen atoms in total. The van der Waals surface area contributed by atoms with E-state index in [-0.39, 0.29) is 5.91 Å². The number of rotatable bonds is 5. The number of amides is 1. The molecule has 3 N–H and O–H groups in total. The maximum atomic E-state index is 11.9. The normalized spacial score (nSPS) is 10.4. The molecule has 1 amide bonds. The van der Waals surface area contributed by atoms with E-state index in [1.165, 1.54) is 0 Å². The van der Waals surface area contributed by atoms with Crippen molar-refractivity contribution in [3.05, 3.63) is 51.5 Å². The summed E-state index contributed by atoms with van der Waals surface area (Å²) in [6, 6.07) is 7.53. The van der Waals surface area contributed by atoms with Crippen LogP contribution < -0.4 is 11.1 Å². The first-order valence-corrected chi connectivity index (χ1v) is 7.05. The van der Waals surface area contributed by atoms with Crippen LogP contribution in [0.4, 0.5) is 0 Å². The number of benzene rings is 1. The summed E-state index contributed by atoms with van der Waals surface area (Å²) in [6.45, 7) is 3.04. The van der Waals surface area contributed by atoms with Gasteiger partial charge in [-0.1, -0.05) is 12.1 Å². The lowest BCUT2D eigenvalue weighted by molar-refractivity contribution is 0.0950. The topological polar surface area (TPSA) is 68.0 Å². The van der Waals surface area contributed by atoms with Crippen LogP contribution in [0, 0.1) is 6.92 Å². The maximum absolute atomic E-state index is 11.9. The number of carbonyl (C=O) groups is 1. The molecule has 0 fully saturated rings. The van der Waals surface area contributed by atoms with Crippen LogP contribution in [0.3, 0.4) is 0 Å². The van der Waals surface area contributed by atoms with E-state index in [2.05, 4.69) is 10.3 Å². The number of nitrogens with one attached hydrogen (secondary N) is 1. The van der Waals surface area contributed by atoms with E-state index in [1.54, 1.807) is 11.3 Å². The summed E-state index contributed by atoms with van der Waals surface area (Å²) in [6.07, 6.45) is 0.833. The van der Waals surface area contributed by atoms with Crippen molar-refractivity contribution in [3.63, 3.8) is 0 Å². The van der Waals surface area contributed by atoms with Crippen molar-refractivity contribution >= 4 is 17.2 Å². The van der Waals surface area contributed by atoms with Crippen molar-refractivity contribution in [2.75, 3.05) is 6.54 Å². The minimum atomic E-state index is -0.0787. The summed E-state index contributed by atoms with van der Waals surface area (Å²) in [5.41, 5.74) is 8.19. The smallest absolute Gasteiger partial charge is 0.251 e. The van der Waals surface area contributed by atoms with Gasteiger partial charge in [-0.05, 0) is 37.6 Å². The van der Waals surface area contributed by atoms with E-state index < -0.39 is 0 Å². The van der Waals surface area contributed by atoms with Gasteiger partial charge in [0.1, 0.15) is 0 Å². The summed E-state index contributed by atoms with van der Waals surface area (Å²) in [5.74, 6) is -0.0787. The van der Waals surface area contributed by atoms with Crippen molar-refractivity contribution in [3.8, 4) is 0 Å². The molecule has 0 saturated heterocycles. The molecule has 0 aliphatic rings. The number of hydrogen-bond acceptors (Lipinski definition) is 4. The average molecular weight is 275 g/mol. The highest BCUT2D eigenvalue weighted by Crippen LogP contribution is 2.08. The monoisotopic (exact) mass is 275 g/mol. The summed E-state index contributed by atoms with van der Waals surface area (Å²) in [7, 11) is 0. The van der Waals surface area contributed by atoms with Crippen LogP contribution in [0.25, 0.3) is 0 Å². The first-order valence-electron chi connectivity index (χ1n) is 6.17. The average Bonchev–Trinajstić information content (AvgIpc) is 2.83. The van der Waals surface area contributed by atoms with Crippen LogP contribution in [-0.4, -0.2) is 17.4 Å². The highest BCUT2D eigenvalue weighted by Gasteiger charge is 2.06. The summed E-state index contributed by atoms with van der Waals surface area (Å²) in [5, 5.41) is 5.83. The molecule has 0 spiro atoms. The molecule has 0 unspecified atom stereocenters. The number of aryl methyl sites for hydroxylation is 1. The maximum Gasteiger partial charge on any atom is 0.251 e. The van der Waals surface area contributed by atoms with Crippen LogP contribution >= 0.6 is 11.3 Å². The van der Waals surface area contributed by atoms with E-state index in [1.807, 2.05) is 36.6 Å². The SMILES string of the molecule is Cc1nc(CNC(=O)c2ccc(CCN)cc2)cs1. The molecule has 2 aromatic rings. The molecule has 1 aromatic carbocycles. The zero-order valence-corrected chi connectivity index (χ0v) is 11.7. The molecular formula is C14H17N3OS. The fourth-order valence-electron chi connectivity index (χ4n) is 1.75. The van der Waals surface area contributed by atoms with E-state index in [0.717, 1.165) is 22.7 Å². The molecular weight excluding hydrogens is 258 g/mol. The fraction of sp³-hybridized carbons (Fsp3) is 0.286. The second kappa shape index (κ2) is 6.45. The van der Waals surface area contributed by atoms with Crippen molar-refractivity contribution in [1.82, 2.24) is 10.3 Å². The number of nitrogens with two attached hydrogens (primary N) is 1. The van der Waals surface area contributed by atoms with Gasteiger partial charge in [-0.25, -0.2) is 4.98 Å². The van der Waals surface area contributed by atoms with Gasteiger partial charge in [-0.2, -0.15) is 0 Å². The number of nitrogens with zero attached hydrogens (tertiary/aromatic N) is 1. The van der Waals surface area contributed by atoms with Crippen LogP contribution in [0.15, 0.2) is 29.6 Å². The Hall–Kier alpha value is -1.72. The lowest BCUT2D eigenvalue weighted by Gasteiger charge is -2.04. The molecule has 0 atom stereocenters. The third kappa shape index (κ3) is 3.87. The largest absolute Gasteiger partial charge is 0.346 e. The minimum Gasteiger partial charge on any atom is -0.346 e. The Balaban J connectivity index is 1.92. The van der Waals surface area contributed by atoms with E-state index in [0.29, 0.717) is 18.7 Å². The molecule has 0 radical (unpaired) electrons. The van der Waals surface area contributed by atoms with Crippen LogP contribution in [-0.2, 0) is 13.0 Å². The van der Waals surface area contributed by atoms with Gasteiger partial charge in [-0.15, -0.1) is 11.3 Å². The molecule has 1 heterocycles. The molecule has 0 aliphatic heterocycles. The Morgan fingerprint density at radius 1 is 1.37 bits per heavy atom. The van der Waals surface area contributed by atoms with Crippen molar-refractivity contribution in [2.24, 2.45) is 5.73 Å². The summed E-state index contributed by atoms with van der Waals surface area (Å²) in [4.78, 5) is 16.2. The van der Waals surface area contributed by atoms with Gasteiger partial charge in [0.15, 0.2) is 0 Å².